The number of carbonyl (C=O) groups is 1. The van der Waals surface area contributed by atoms with Gasteiger partial charge in [-0.15, -0.1) is 0 Å². The van der Waals surface area contributed by atoms with E-state index >= 15 is 0 Å². The molecule has 1 aliphatic rings. The summed E-state index contributed by atoms with van der Waals surface area (Å²) in [5, 5.41) is 3.34. The number of unbranched alkanes of at least 4 members (excludes halogenated alkanes) is 1. The van der Waals surface area contributed by atoms with Crippen LogP contribution in [0, 0.1) is 0 Å². The van der Waals surface area contributed by atoms with Crippen molar-refractivity contribution >= 4 is 19.2 Å². The number of fused-ring (bicyclic) bond motifs is 1. The van der Waals surface area contributed by atoms with Gasteiger partial charge in [0.15, 0.2) is 0 Å². The van der Waals surface area contributed by atoms with E-state index in [0.29, 0.717) is 6.42 Å². The normalized spacial score (nSPS) is 14.0. The largest absolute Gasteiger partial charge is 0.370 e. The van der Waals surface area contributed by atoms with Gasteiger partial charge in [-0.1, -0.05) is 6.07 Å². The van der Waals surface area contributed by atoms with Gasteiger partial charge in [-0.25, -0.2) is 4.98 Å². The van der Waals surface area contributed by atoms with Crippen LogP contribution in [0.15, 0.2) is 12.1 Å². The van der Waals surface area contributed by atoms with Crippen LogP contribution in [-0.2, 0) is 31.2 Å². The topological polar surface area (TPSA) is 77.5 Å². The minimum Gasteiger partial charge on any atom is -0.370 e. The number of ketones is 1. The molecule has 140 valence electrons. The summed E-state index contributed by atoms with van der Waals surface area (Å²) < 4.78 is 22.7. The van der Waals surface area contributed by atoms with Gasteiger partial charge in [-0.2, -0.15) is 0 Å². The molecule has 7 heteroatoms. The third kappa shape index (κ3) is 6.53. The number of aromatic nitrogens is 1. The number of nitrogens with one attached hydrogen (secondary N) is 1. The van der Waals surface area contributed by atoms with E-state index in [2.05, 4.69) is 22.4 Å². The van der Waals surface area contributed by atoms with Crippen LogP contribution in [-0.4, -0.2) is 36.7 Å². The molecule has 25 heavy (non-hydrogen) atoms. The summed E-state index contributed by atoms with van der Waals surface area (Å²) in [5.74, 6) is 0.944. The van der Waals surface area contributed by atoms with Crippen LogP contribution in [0.3, 0.4) is 0 Å². The van der Waals surface area contributed by atoms with Gasteiger partial charge in [0, 0.05) is 18.7 Å². The van der Waals surface area contributed by atoms with Crippen LogP contribution in [0.2, 0.25) is 0 Å². The molecule has 1 aliphatic heterocycles. The van der Waals surface area contributed by atoms with Crippen LogP contribution in [0.25, 0.3) is 0 Å². The maximum atomic E-state index is 12.3. The van der Waals surface area contributed by atoms with Crippen LogP contribution in [0.5, 0.6) is 0 Å². The molecule has 0 atom stereocenters. The van der Waals surface area contributed by atoms with Crippen molar-refractivity contribution < 1.29 is 18.4 Å². The van der Waals surface area contributed by atoms with Crippen molar-refractivity contribution in [2.45, 2.75) is 52.4 Å². The molecule has 2 heterocycles. The van der Waals surface area contributed by atoms with Crippen molar-refractivity contribution in [3.63, 3.8) is 0 Å². The second kappa shape index (κ2) is 10.0. The molecule has 0 fully saturated rings. The van der Waals surface area contributed by atoms with Gasteiger partial charge in [-0.05, 0) is 57.6 Å². The zero-order chi connectivity index (χ0) is 18.1. The van der Waals surface area contributed by atoms with Crippen molar-refractivity contribution in [1.82, 2.24) is 4.98 Å². The molecule has 1 N–H and O–H groups in total. The van der Waals surface area contributed by atoms with Crippen LogP contribution >= 0.6 is 7.60 Å². The molecule has 1 aromatic rings. The highest BCUT2D eigenvalue weighted by molar-refractivity contribution is 7.54. The Kier molecular flexibility index (Phi) is 8.07. The van der Waals surface area contributed by atoms with Crippen LogP contribution in [0.4, 0.5) is 5.82 Å². The van der Waals surface area contributed by atoms with E-state index in [1.807, 2.05) is 0 Å². The van der Waals surface area contributed by atoms with Gasteiger partial charge < -0.3 is 14.4 Å². The summed E-state index contributed by atoms with van der Waals surface area (Å²) in [5.41, 5.74) is 2.34. The summed E-state index contributed by atoms with van der Waals surface area (Å²) in [6.45, 7) is 5.04. The number of nitrogens with zero attached hydrogens (tertiary/aromatic N) is 1. The number of pyridine rings is 1. The molecular weight excluding hydrogens is 339 g/mol. The molecular formula is C18H29N2O4P. The summed E-state index contributed by atoms with van der Waals surface area (Å²) in [6, 6.07) is 4.22. The van der Waals surface area contributed by atoms with Gasteiger partial charge in [-0.3, -0.25) is 9.36 Å². The molecule has 0 saturated heterocycles. The maximum Gasteiger partial charge on any atom is 0.338 e. The summed E-state index contributed by atoms with van der Waals surface area (Å²) in [7, 11) is -3.27. The average molecular weight is 368 g/mol. The maximum absolute atomic E-state index is 12.3. The van der Waals surface area contributed by atoms with Gasteiger partial charge in [0.2, 0.25) is 0 Å². The lowest BCUT2D eigenvalue weighted by molar-refractivity contribution is -0.117. The third-order valence-electron chi connectivity index (χ3n) is 4.11. The zero-order valence-electron chi connectivity index (χ0n) is 15.3. The molecule has 6 nitrogen and oxygen atoms in total. The molecule has 0 bridgehead atoms. The molecule has 1 aromatic heterocycles. The highest BCUT2D eigenvalue weighted by Crippen LogP contribution is 2.48. The van der Waals surface area contributed by atoms with Gasteiger partial charge in [0.25, 0.3) is 0 Å². The number of rotatable bonds is 11. The predicted octanol–water partition coefficient (Wildman–Crippen LogP) is 3.99. The standard InChI is InChI=1S/C18H29N2O4P/c1-3-23-25(22,24-4-2)14-17(21)10-6-5-9-16-12-11-15-8-7-13-19-18(15)20-16/h11-12H,3-10,13-14H2,1-2H3,(H,19,20). The van der Waals surface area contributed by atoms with Gasteiger partial charge in [0.1, 0.15) is 17.8 Å². The van der Waals surface area contributed by atoms with E-state index in [4.69, 9.17) is 9.05 Å². The first-order chi connectivity index (χ1) is 12.1. The molecule has 0 radical (unpaired) electrons. The van der Waals surface area contributed by atoms with Gasteiger partial charge in [0.05, 0.1) is 13.2 Å². The third-order valence-corrected chi connectivity index (χ3v) is 6.16. The molecule has 0 aliphatic carbocycles. The minimum atomic E-state index is -3.27. The fourth-order valence-electron chi connectivity index (χ4n) is 2.95. The number of hydrogen-bond donors (Lipinski definition) is 1. The summed E-state index contributed by atoms with van der Waals surface area (Å²) in [4.78, 5) is 16.7. The SMILES string of the molecule is CCOP(=O)(CC(=O)CCCCc1ccc2c(n1)NCCC2)OCC. The second-order valence-corrected chi connectivity index (χ2v) is 8.25. The van der Waals surface area contributed by atoms with Crippen molar-refractivity contribution in [1.29, 1.82) is 0 Å². The van der Waals surface area contributed by atoms with Crippen molar-refractivity contribution in [2.24, 2.45) is 0 Å². The number of carbonyl (C=O) groups excluding carboxylic acids is 1. The first-order valence-electron chi connectivity index (χ1n) is 9.19. The zero-order valence-corrected chi connectivity index (χ0v) is 16.1. The minimum absolute atomic E-state index is 0.0645. The lowest BCUT2D eigenvalue weighted by Gasteiger charge is -2.17. The Hall–Kier alpha value is -1.23. The number of anilines is 1. The van der Waals surface area contributed by atoms with Crippen LogP contribution < -0.4 is 5.32 Å². The van der Waals surface area contributed by atoms with Gasteiger partial charge >= 0.3 is 7.60 Å². The second-order valence-electron chi connectivity index (χ2n) is 6.19. The first kappa shape index (κ1) is 20.1. The Morgan fingerprint density at radius 3 is 2.72 bits per heavy atom. The Morgan fingerprint density at radius 2 is 2.00 bits per heavy atom. The van der Waals surface area contributed by atoms with Crippen molar-refractivity contribution in [2.75, 3.05) is 31.2 Å². The number of hydrogen-bond acceptors (Lipinski definition) is 6. The van der Waals surface area contributed by atoms with E-state index in [-0.39, 0.29) is 25.2 Å². The quantitative estimate of drug-likeness (QED) is 0.470. The van der Waals surface area contributed by atoms with E-state index in [9.17, 15) is 9.36 Å². The smallest absolute Gasteiger partial charge is 0.338 e. The Labute approximate surface area is 150 Å². The number of Topliss-reactive ketones (excluding diaryl/α,β-unsaturated/α-hetero) is 1. The van der Waals surface area contributed by atoms with Crippen LogP contribution in [0.1, 0.15) is 50.8 Å². The van der Waals surface area contributed by atoms with E-state index in [1.165, 1.54) is 5.56 Å². The van der Waals surface area contributed by atoms with Crippen molar-refractivity contribution in [3.8, 4) is 0 Å². The number of aryl methyl sites for hydroxylation is 2. The van der Waals surface area contributed by atoms with E-state index in [1.54, 1.807) is 13.8 Å². The predicted molar refractivity (Wildman–Crippen MR) is 99.3 cm³/mol. The Morgan fingerprint density at radius 1 is 1.24 bits per heavy atom. The monoisotopic (exact) mass is 368 g/mol. The lowest BCUT2D eigenvalue weighted by atomic mass is 10.1. The summed E-state index contributed by atoms with van der Waals surface area (Å²) in [6.07, 6.45) is 4.99. The molecule has 0 aromatic carbocycles. The first-order valence-corrected chi connectivity index (χ1v) is 10.9. The fourth-order valence-corrected chi connectivity index (χ4v) is 4.59. The molecule has 0 unspecified atom stereocenters. The highest BCUT2D eigenvalue weighted by atomic mass is 31.2. The Balaban J connectivity index is 1.73. The Bertz CT molecular complexity index is 611. The average Bonchev–Trinajstić information content (AvgIpc) is 2.59. The molecule has 0 saturated carbocycles. The highest BCUT2D eigenvalue weighted by Gasteiger charge is 2.26. The van der Waals surface area contributed by atoms with E-state index < -0.39 is 7.60 Å². The van der Waals surface area contributed by atoms with E-state index in [0.717, 1.165) is 50.2 Å². The lowest BCUT2D eigenvalue weighted by Crippen LogP contribution is -2.14. The summed E-state index contributed by atoms with van der Waals surface area (Å²) >= 11 is 0. The fraction of sp³-hybridized carbons (Fsp3) is 0.667. The molecule has 0 spiro atoms. The van der Waals surface area contributed by atoms with Crippen molar-refractivity contribution in [3.05, 3.63) is 23.4 Å². The molecule has 2 rings (SSSR count). The molecule has 0 amide bonds.